The summed E-state index contributed by atoms with van der Waals surface area (Å²) in [5, 5.41) is 10.7. The Balaban J connectivity index is 0.000000168. The zero-order valence-electron chi connectivity index (χ0n) is 44.9. The number of hydrogen-bond donors (Lipinski definition) is 1. The lowest BCUT2D eigenvalue weighted by atomic mass is 9.48. The average molecular weight is 1110 g/mol. The zero-order valence-corrected chi connectivity index (χ0v) is 44.9. The van der Waals surface area contributed by atoms with E-state index in [1.807, 2.05) is 0 Å². The first kappa shape index (κ1) is 60.5. The molecule has 0 aromatic rings. The molecular weight excluding hydrogens is 1030 g/mol. The van der Waals surface area contributed by atoms with Crippen LogP contribution in [0.4, 0.5) is 26.3 Å². The first-order valence-corrected chi connectivity index (χ1v) is 27.1. The summed E-state index contributed by atoms with van der Waals surface area (Å²) >= 11 is 0. The summed E-state index contributed by atoms with van der Waals surface area (Å²) in [5.41, 5.74) is -2.82. The van der Waals surface area contributed by atoms with Crippen LogP contribution >= 0.6 is 0 Å². The zero-order chi connectivity index (χ0) is 56.5. The van der Waals surface area contributed by atoms with Gasteiger partial charge in [0.1, 0.15) is 25.6 Å². The van der Waals surface area contributed by atoms with Crippen molar-refractivity contribution >= 4 is 41.6 Å². The fourth-order valence-electron chi connectivity index (χ4n) is 15.3. The van der Waals surface area contributed by atoms with Crippen LogP contribution in [0.3, 0.4) is 0 Å². The van der Waals surface area contributed by atoms with Crippen molar-refractivity contribution < 1.29 is 108 Å². The minimum absolute atomic E-state index is 0.100. The Morgan fingerprint density at radius 1 is 0.455 bits per heavy atom. The van der Waals surface area contributed by atoms with Gasteiger partial charge in [-0.2, -0.15) is 26.3 Å². The van der Waals surface area contributed by atoms with Crippen LogP contribution in [0.25, 0.3) is 0 Å². The molecule has 17 nitrogen and oxygen atoms in total. The summed E-state index contributed by atoms with van der Waals surface area (Å²) in [5.74, 6) is -0.432. The molecular formula is C54H76F6O17. The number of carbonyl (C=O) groups excluding carboxylic acids is 7. The van der Waals surface area contributed by atoms with Gasteiger partial charge in [0.2, 0.25) is 0 Å². The van der Waals surface area contributed by atoms with E-state index in [1.54, 1.807) is 0 Å². The molecule has 0 heterocycles. The van der Waals surface area contributed by atoms with E-state index in [0.29, 0.717) is 95.8 Å². The van der Waals surface area contributed by atoms with Gasteiger partial charge in [0.25, 0.3) is 0 Å². The van der Waals surface area contributed by atoms with Crippen molar-refractivity contribution in [1.29, 1.82) is 0 Å². The van der Waals surface area contributed by atoms with Crippen molar-refractivity contribution in [2.45, 2.75) is 193 Å². The van der Waals surface area contributed by atoms with Gasteiger partial charge < -0.3 is 47.7 Å². The highest BCUT2D eigenvalue weighted by Gasteiger charge is 2.62. The van der Waals surface area contributed by atoms with Crippen LogP contribution in [-0.2, 0) is 76.2 Å². The fraction of sp³-hybridized carbons (Fsp3) is 0.870. The van der Waals surface area contributed by atoms with Gasteiger partial charge in [-0.3, -0.25) is 33.6 Å². The van der Waals surface area contributed by atoms with Crippen LogP contribution in [0.1, 0.15) is 151 Å². The Morgan fingerprint density at radius 3 is 1.05 bits per heavy atom. The molecule has 0 amide bonds. The molecule has 1 N–H and O–H groups in total. The number of esters is 6. The normalized spacial score (nSPS) is 35.1. The van der Waals surface area contributed by atoms with Gasteiger partial charge in [0.05, 0.1) is 41.7 Å². The third-order valence-corrected chi connectivity index (χ3v) is 17.2. The number of Topliss-reactive ketones (excluding diaryl/α,β-unsaturated/α-hetero) is 1. The van der Waals surface area contributed by atoms with Crippen molar-refractivity contribution in [2.24, 2.45) is 63.6 Å². The molecule has 12 bridgehead atoms. The lowest BCUT2D eigenvalue weighted by molar-refractivity contribution is -0.244. The first-order valence-electron chi connectivity index (χ1n) is 27.1. The molecule has 436 valence electrons. The molecule has 7 unspecified atom stereocenters. The lowest BCUT2D eigenvalue weighted by Gasteiger charge is -2.58. The van der Waals surface area contributed by atoms with Gasteiger partial charge >= 0.3 is 54.1 Å². The monoisotopic (exact) mass is 1110 g/mol. The Hall–Kier alpha value is -4.09. The van der Waals surface area contributed by atoms with Crippen molar-refractivity contribution in [3.8, 4) is 0 Å². The number of halogens is 6. The van der Waals surface area contributed by atoms with E-state index in [2.05, 4.69) is 14.2 Å². The molecule has 7 atom stereocenters. The van der Waals surface area contributed by atoms with Crippen LogP contribution in [0.2, 0.25) is 0 Å². The maximum absolute atomic E-state index is 13.0. The Morgan fingerprint density at radius 2 is 0.740 bits per heavy atom. The van der Waals surface area contributed by atoms with E-state index in [9.17, 15) is 65.0 Å². The second-order valence-electron chi connectivity index (χ2n) is 24.5. The molecule has 12 rings (SSSR count). The summed E-state index contributed by atoms with van der Waals surface area (Å²) in [7, 11) is 0. The molecule has 12 aliphatic rings. The van der Waals surface area contributed by atoms with Crippen LogP contribution in [-0.4, -0.2) is 129 Å². The molecule has 0 saturated heterocycles. The molecule has 0 spiro atoms. The molecule has 77 heavy (non-hydrogen) atoms. The molecule has 0 aliphatic heterocycles. The standard InChI is InChI=1S/C18H26F2O6.C18H24F2O6.C18H26F2O5/c1-11(21)24-8-14(9-25-16(2,19)20)26-15(22)17-4-12-3-13(5-17)7-18(23,6-12)10-17;1-10(21)24-8-14(9-25-17(2,19)20)26-16(23)18-5-11-3-12(6-18)15(22)13(4-11)7-18;1-11(21)23-9-15(10-24-17(2,19)20)25-16(22)18-6-12-3-13(7-18)5-14(4-12)8-18/h12-14,23H,3-10H2,1-2H3;11-14H,3-9H2,1-2H3;12-15H,3-10H2,1-2H3. The minimum atomic E-state index is -3.38. The van der Waals surface area contributed by atoms with Crippen LogP contribution in [0.15, 0.2) is 0 Å². The van der Waals surface area contributed by atoms with E-state index in [4.69, 9.17) is 28.4 Å². The number of rotatable bonds is 21. The molecule has 12 saturated carbocycles. The molecule has 12 aliphatic carbocycles. The number of ketones is 1. The SMILES string of the molecule is CC(=O)OCC(COC(C)(F)F)OC(=O)C12CC3CC(C1)C(=O)C(C3)C2.CC(=O)OCC(COC(C)(F)F)OC(=O)C12CC3CC(CC(C3)C1)C2.CC(=O)OCC(COC(C)(F)F)OC(=O)C12CC3CC(CC(O)(C3)C1)C2. The first-order chi connectivity index (χ1) is 35.7. The van der Waals surface area contributed by atoms with Gasteiger partial charge in [-0.05, 0) is 145 Å². The van der Waals surface area contributed by atoms with E-state index < -0.39 is 108 Å². The quantitative estimate of drug-likeness (QED) is 0.0649. The minimum Gasteiger partial charge on any atom is -0.462 e. The topological polar surface area (TPSA) is 223 Å². The predicted octanol–water partition coefficient (Wildman–Crippen LogP) is 8.21. The van der Waals surface area contributed by atoms with Crippen molar-refractivity contribution in [3.63, 3.8) is 0 Å². The molecule has 12 fully saturated rings. The number of ether oxygens (including phenoxy) is 9. The lowest BCUT2D eigenvalue weighted by Crippen LogP contribution is -2.59. The average Bonchev–Trinajstić information content (AvgIpc) is 3.38. The molecule has 23 heteroatoms. The van der Waals surface area contributed by atoms with E-state index in [1.165, 1.54) is 40.0 Å². The molecule has 0 radical (unpaired) electrons. The highest BCUT2D eigenvalue weighted by molar-refractivity contribution is 5.90. The van der Waals surface area contributed by atoms with Gasteiger partial charge in [0.15, 0.2) is 18.3 Å². The Labute approximate surface area is 444 Å². The summed E-state index contributed by atoms with van der Waals surface area (Å²) in [6, 6.07) is 0. The smallest absolute Gasteiger partial charge is 0.353 e. The summed E-state index contributed by atoms with van der Waals surface area (Å²) in [6.07, 6.45) is 0.0133. The van der Waals surface area contributed by atoms with E-state index in [-0.39, 0.29) is 55.2 Å². The predicted molar refractivity (Wildman–Crippen MR) is 253 cm³/mol. The van der Waals surface area contributed by atoms with Gasteiger partial charge in [-0.25, -0.2) is 0 Å². The molecule has 0 aromatic carbocycles. The summed E-state index contributed by atoms with van der Waals surface area (Å²) < 4.78 is 122. The maximum atomic E-state index is 13.0. The van der Waals surface area contributed by atoms with Crippen molar-refractivity contribution in [1.82, 2.24) is 0 Å². The number of alkyl halides is 6. The largest absolute Gasteiger partial charge is 0.462 e. The second kappa shape index (κ2) is 23.6. The highest BCUT2D eigenvalue weighted by Crippen LogP contribution is 2.63. The fourth-order valence-corrected chi connectivity index (χ4v) is 15.3. The molecule has 0 aromatic heterocycles. The van der Waals surface area contributed by atoms with Gasteiger partial charge in [-0.15, -0.1) is 0 Å². The van der Waals surface area contributed by atoms with Crippen LogP contribution in [0.5, 0.6) is 0 Å². The Bertz CT molecular complexity index is 2100. The summed E-state index contributed by atoms with van der Waals surface area (Å²) in [6.45, 7) is 2.76. The highest BCUT2D eigenvalue weighted by atomic mass is 19.3. The van der Waals surface area contributed by atoms with Crippen molar-refractivity contribution in [2.75, 3.05) is 39.6 Å². The van der Waals surface area contributed by atoms with Gasteiger partial charge in [0, 0.05) is 53.4 Å². The van der Waals surface area contributed by atoms with Crippen LogP contribution in [0, 0.1) is 63.6 Å². The maximum Gasteiger partial charge on any atom is 0.353 e. The van der Waals surface area contributed by atoms with Crippen molar-refractivity contribution in [3.05, 3.63) is 0 Å². The number of aliphatic hydroxyl groups is 1. The third-order valence-electron chi connectivity index (χ3n) is 17.2. The number of hydrogen-bond acceptors (Lipinski definition) is 17. The van der Waals surface area contributed by atoms with E-state index >= 15 is 0 Å². The van der Waals surface area contributed by atoms with E-state index in [0.717, 1.165) is 38.5 Å². The second-order valence-corrected chi connectivity index (χ2v) is 24.5. The third kappa shape index (κ3) is 16.3. The number of carbonyl (C=O) groups is 7. The van der Waals surface area contributed by atoms with Crippen LogP contribution < -0.4 is 0 Å². The summed E-state index contributed by atoms with van der Waals surface area (Å²) in [4.78, 5) is 83.9. The van der Waals surface area contributed by atoms with Gasteiger partial charge in [-0.1, -0.05) is 0 Å². The Kier molecular flexibility index (Phi) is 18.5.